The van der Waals surface area contributed by atoms with Crippen LogP contribution < -0.4 is 5.32 Å². The van der Waals surface area contributed by atoms with E-state index in [2.05, 4.69) is 15.2 Å². The summed E-state index contributed by atoms with van der Waals surface area (Å²) in [5, 5.41) is 9.76. The van der Waals surface area contributed by atoms with Crippen LogP contribution in [0.2, 0.25) is 0 Å². The molecule has 1 aliphatic rings. The minimum absolute atomic E-state index is 0.0309. The lowest BCUT2D eigenvalue weighted by atomic mass is 10.1. The van der Waals surface area contributed by atoms with Crippen LogP contribution in [0.5, 0.6) is 0 Å². The molecule has 4 rings (SSSR count). The van der Waals surface area contributed by atoms with Crippen LogP contribution in [0.1, 0.15) is 33.4 Å². The van der Waals surface area contributed by atoms with Gasteiger partial charge < -0.3 is 10.2 Å². The zero-order chi connectivity index (χ0) is 20.8. The van der Waals surface area contributed by atoms with Gasteiger partial charge >= 0.3 is 0 Å². The van der Waals surface area contributed by atoms with Crippen molar-refractivity contribution in [3.05, 3.63) is 74.9 Å². The number of carbonyl (C=O) groups is 2. The van der Waals surface area contributed by atoms with Crippen molar-refractivity contribution < 1.29 is 9.59 Å². The van der Waals surface area contributed by atoms with Crippen LogP contribution in [0.15, 0.2) is 58.7 Å². The van der Waals surface area contributed by atoms with E-state index in [0.717, 1.165) is 35.6 Å². The zero-order valence-corrected chi connectivity index (χ0v) is 18.2. The van der Waals surface area contributed by atoms with Crippen molar-refractivity contribution in [2.45, 2.75) is 12.5 Å². The van der Waals surface area contributed by atoms with Gasteiger partial charge in [-0.05, 0) is 23.4 Å². The minimum Gasteiger partial charge on any atom is -0.342 e. The molecule has 1 aliphatic heterocycles. The third-order valence-corrected chi connectivity index (χ3v) is 6.67. The quantitative estimate of drug-likeness (QED) is 0.639. The van der Waals surface area contributed by atoms with Crippen molar-refractivity contribution in [3.8, 4) is 0 Å². The SMILES string of the molecule is O=C(CN1CCCN(C(=O)c2ccsc2)CC1)NC(c1ccccc1)c1nccs1. The number of thiophene rings is 1. The minimum atomic E-state index is -0.248. The second-order valence-electron chi connectivity index (χ2n) is 7.22. The summed E-state index contributed by atoms with van der Waals surface area (Å²) in [5.74, 6) is 0.0483. The van der Waals surface area contributed by atoms with Gasteiger partial charge in [-0.15, -0.1) is 11.3 Å². The van der Waals surface area contributed by atoms with E-state index in [9.17, 15) is 9.59 Å². The number of aromatic nitrogens is 1. The first kappa shape index (κ1) is 20.7. The molecule has 0 radical (unpaired) electrons. The van der Waals surface area contributed by atoms with Crippen molar-refractivity contribution in [1.29, 1.82) is 0 Å². The maximum Gasteiger partial charge on any atom is 0.254 e. The second kappa shape index (κ2) is 9.97. The summed E-state index contributed by atoms with van der Waals surface area (Å²) in [7, 11) is 0. The van der Waals surface area contributed by atoms with Gasteiger partial charge in [0.2, 0.25) is 5.91 Å². The average Bonchev–Trinajstić information content (AvgIpc) is 3.45. The van der Waals surface area contributed by atoms with Gasteiger partial charge in [0.25, 0.3) is 5.91 Å². The highest BCUT2D eigenvalue weighted by molar-refractivity contribution is 7.09. The fraction of sp³-hybridized carbons (Fsp3) is 0.318. The maximum absolute atomic E-state index is 12.8. The van der Waals surface area contributed by atoms with Gasteiger partial charge in [0.05, 0.1) is 12.1 Å². The van der Waals surface area contributed by atoms with Gasteiger partial charge in [0.1, 0.15) is 11.0 Å². The smallest absolute Gasteiger partial charge is 0.254 e. The first-order valence-corrected chi connectivity index (χ1v) is 11.8. The number of carbonyl (C=O) groups excluding carboxylic acids is 2. The van der Waals surface area contributed by atoms with Crippen LogP contribution in [-0.2, 0) is 4.79 Å². The molecule has 0 aliphatic carbocycles. The van der Waals surface area contributed by atoms with E-state index in [-0.39, 0.29) is 17.9 Å². The molecule has 0 saturated carbocycles. The lowest BCUT2D eigenvalue weighted by Crippen LogP contribution is -2.41. The lowest BCUT2D eigenvalue weighted by molar-refractivity contribution is -0.122. The Labute approximate surface area is 184 Å². The molecule has 1 N–H and O–H groups in total. The number of amides is 2. The molecule has 1 atom stereocenters. The van der Waals surface area contributed by atoms with Crippen molar-refractivity contribution in [1.82, 2.24) is 20.1 Å². The number of thiazole rings is 1. The van der Waals surface area contributed by atoms with Gasteiger partial charge in [-0.2, -0.15) is 11.3 Å². The highest BCUT2D eigenvalue weighted by atomic mass is 32.1. The Morgan fingerprint density at radius 3 is 2.67 bits per heavy atom. The molecule has 1 saturated heterocycles. The normalized spacial score (nSPS) is 16.1. The summed E-state index contributed by atoms with van der Waals surface area (Å²) in [5.41, 5.74) is 1.77. The Morgan fingerprint density at radius 2 is 1.93 bits per heavy atom. The van der Waals surface area contributed by atoms with Gasteiger partial charge in [-0.25, -0.2) is 4.98 Å². The highest BCUT2D eigenvalue weighted by Gasteiger charge is 2.24. The Bertz CT molecular complexity index is 945. The molecule has 3 heterocycles. The van der Waals surface area contributed by atoms with E-state index < -0.39 is 0 Å². The van der Waals surface area contributed by atoms with Gasteiger partial charge in [-0.1, -0.05) is 30.3 Å². The molecule has 0 spiro atoms. The number of nitrogens with one attached hydrogen (secondary N) is 1. The molecule has 3 aromatic rings. The predicted octanol–water partition coefficient (Wildman–Crippen LogP) is 3.26. The number of hydrogen-bond donors (Lipinski definition) is 1. The van der Waals surface area contributed by atoms with Crippen molar-refractivity contribution >= 4 is 34.5 Å². The van der Waals surface area contributed by atoms with Crippen LogP contribution >= 0.6 is 22.7 Å². The molecule has 1 unspecified atom stereocenters. The van der Waals surface area contributed by atoms with Gasteiger partial charge in [0.15, 0.2) is 0 Å². The molecule has 2 aromatic heterocycles. The first-order valence-electron chi connectivity index (χ1n) is 9.98. The predicted molar refractivity (Wildman–Crippen MR) is 120 cm³/mol. The van der Waals surface area contributed by atoms with Crippen molar-refractivity contribution in [2.24, 2.45) is 0 Å². The first-order chi connectivity index (χ1) is 14.7. The molecule has 156 valence electrons. The molecule has 1 aromatic carbocycles. The highest BCUT2D eigenvalue weighted by Crippen LogP contribution is 2.23. The molecule has 6 nitrogen and oxygen atoms in total. The van der Waals surface area contributed by atoms with E-state index in [1.807, 2.05) is 57.4 Å². The molecular weight excluding hydrogens is 416 g/mol. The monoisotopic (exact) mass is 440 g/mol. The Morgan fingerprint density at radius 1 is 1.07 bits per heavy atom. The zero-order valence-electron chi connectivity index (χ0n) is 16.6. The van der Waals surface area contributed by atoms with Crippen LogP contribution in [0.3, 0.4) is 0 Å². The van der Waals surface area contributed by atoms with Crippen molar-refractivity contribution in [3.63, 3.8) is 0 Å². The summed E-state index contributed by atoms with van der Waals surface area (Å²) in [6.07, 6.45) is 2.62. The summed E-state index contributed by atoms with van der Waals surface area (Å²) in [6, 6.07) is 11.5. The molecule has 8 heteroatoms. The molecule has 0 bridgehead atoms. The fourth-order valence-electron chi connectivity index (χ4n) is 3.62. The van der Waals surface area contributed by atoms with Crippen LogP contribution in [0.25, 0.3) is 0 Å². The Hall–Kier alpha value is -2.55. The lowest BCUT2D eigenvalue weighted by Gasteiger charge is -2.23. The molecule has 2 amide bonds. The average molecular weight is 441 g/mol. The van der Waals surface area contributed by atoms with Crippen LogP contribution in [0, 0.1) is 0 Å². The van der Waals surface area contributed by atoms with E-state index in [4.69, 9.17) is 0 Å². The Balaban J connectivity index is 1.36. The largest absolute Gasteiger partial charge is 0.342 e. The standard InChI is InChI=1S/C22H24N4O2S2/c27-19(24-20(21-23-8-14-30-21)17-5-2-1-3-6-17)15-25-9-4-10-26(12-11-25)22(28)18-7-13-29-16-18/h1-3,5-8,13-14,16,20H,4,9-12,15H2,(H,24,27). The molecular formula is C22H24N4O2S2. The number of benzene rings is 1. The van der Waals surface area contributed by atoms with Crippen LogP contribution in [-0.4, -0.2) is 59.3 Å². The van der Waals surface area contributed by atoms with E-state index in [1.165, 1.54) is 22.7 Å². The topological polar surface area (TPSA) is 65.5 Å². The van der Waals surface area contributed by atoms with Gasteiger partial charge in [-0.3, -0.25) is 14.5 Å². The third-order valence-electron chi connectivity index (χ3n) is 5.15. The molecule has 30 heavy (non-hydrogen) atoms. The van der Waals surface area contributed by atoms with E-state index in [0.29, 0.717) is 19.6 Å². The second-order valence-corrected chi connectivity index (χ2v) is 8.92. The number of hydrogen-bond acceptors (Lipinski definition) is 6. The maximum atomic E-state index is 12.8. The summed E-state index contributed by atoms with van der Waals surface area (Å²) < 4.78 is 0. The van der Waals surface area contributed by atoms with E-state index >= 15 is 0 Å². The summed E-state index contributed by atoms with van der Waals surface area (Å²) >= 11 is 3.07. The summed E-state index contributed by atoms with van der Waals surface area (Å²) in [6.45, 7) is 3.16. The van der Waals surface area contributed by atoms with E-state index in [1.54, 1.807) is 6.20 Å². The van der Waals surface area contributed by atoms with Crippen LogP contribution in [0.4, 0.5) is 0 Å². The fourth-order valence-corrected chi connectivity index (χ4v) is 4.96. The number of nitrogens with zero attached hydrogens (tertiary/aromatic N) is 3. The summed E-state index contributed by atoms with van der Waals surface area (Å²) in [4.78, 5) is 33.9. The number of rotatable bonds is 6. The molecule has 1 fully saturated rings. The van der Waals surface area contributed by atoms with Gasteiger partial charge in [0, 0.05) is 43.1 Å². The third kappa shape index (κ3) is 5.13. The Kier molecular flexibility index (Phi) is 6.88. The van der Waals surface area contributed by atoms with Crippen molar-refractivity contribution in [2.75, 3.05) is 32.7 Å².